The van der Waals surface area contributed by atoms with Gasteiger partial charge in [0.25, 0.3) is 0 Å². The average molecular weight is 279 g/mol. The van der Waals surface area contributed by atoms with Gasteiger partial charge in [-0.3, -0.25) is 0 Å². The van der Waals surface area contributed by atoms with Gasteiger partial charge in [-0.05, 0) is 11.1 Å². The Kier molecular flexibility index (Phi) is 4.39. The first kappa shape index (κ1) is 13.5. The third-order valence-electron chi connectivity index (χ3n) is 3.13. The van der Waals surface area contributed by atoms with Crippen LogP contribution in [0.4, 0.5) is 0 Å². The van der Waals surface area contributed by atoms with Crippen LogP contribution in [0.1, 0.15) is 16.8 Å². The van der Waals surface area contributed by atoms with Crippen molar-refractivity contribution in [3.8, 4) is 0 Å². The lowest BCUT2D eigenvalue weighted by molar-refractivity contribution is 0.104. The molecule has 0 saturated heterocycles. The highest BCUT2D eigenvalue weighted by Gasteiger charge is 2.02. The zero-order chi connectivity index (χ0) is 14.3. The fourth-order valence-corrected chi connectivity index (χ4v) is 2.10. The first-order chi connectivity index (χ1) is 10.4. The van der Waals surface area contributed by atoms with Crippen LogP contribution in [0.3, 0.4) is 0 Å². The number of hydrogen-bond donors (Lipinski definition) is 0. The highest BCUT2D eigenvalue weighted by Crippen LogP contribution is 2.05. The van der Waals surface area contributed by atoms with Crippen molar-refractivity contribution in [1.29, 1.82) is 0 Å². The fraction of sp³-hybridized carbons (Fsp3) is 0.176. The van der Waals surface area contributed by atoms with E-state index in [1.54, 1.807) is 0 Å². The van der Waals surface area contributed by atoms with Gasteiger partial charge >= 0.3 is 0 Å². The molecule has 0 saturated carbocycles. The lowest BCUT2D eigenvalue weighted by atomic mass is 10.2. The van der Waals surface area contributed by atoms with Gasteiger partial charge < -0.3 is 4.74 Å². The standard InChI is InChI=1S/C17H17N3O/c1-3-7-15(8-4-1)11-20-12-17(18-19-20)14-21-13-16-9-5-2-6-10-16/h1-10,12H,11,13-14H2. The quantitative estimate of drug-likeness (QED) is 0.696. The summed E-state index contributed by atoms with van der Waals surface area (Å²) in [5.41, 5.74) is 3.22. The van der Waals surface area contributed by atoms with Crippen LogP contribution in [0.25, 0.3) is 0 Å². The molecule has 0 aliphatic heterocycles. The molecule has 0 atom stereocenters. The third-order valence-corrected chi connectivity index (χ3v) is 3.13. The fourth-order valence-electron chi connectivity index (χ4n) is 2.10. The average Bonchev–Trinajstić information content (AvgIpc) is 2.97. The number of benzene rings is 2. The van der Waals surface area contributed by atoms with E-state index in [9.17, 15) is 0 Å². The van der Waals surface area contributed by atoms with Gasteiger partial charge in [-0.15, -0.1) is 5.10 Å². The van der Waals surface area contributed by atoms with Gasteiger partial charge in [0, 0.05) is 0 Å². The van der Waals surface area contributed by atoms with Crippen LogP contribution in [-0.4, -0.2) is 15.0 Å². The lowest BCUT2D eigenvalue weighted by Crippen LogP contribution is -1.99. The van der Waals surface area contributed by atoms with Crippen LogP contribution in [0.5, 0.6) is 0 Å². The Bertz CT molecular complexity index is 665. The predicted molar refractivity (Wildman–Crippen MR) is 80.5 cm³/mol. The molecule has 0 bridgehead atoms. The van der Waals surface area contributed by atoms with Gasteiger partial charge in [-0.2, -0.15) is 0 Å². The molecule has 3 rings (SSSR count). The molecule has 4 heteroatoms. The highest BCUT2D eigenvalue weighted by atomic mass is 16.5. The molecular weight excluding hydrogens is 262 g/mol. The molecular formula is C17H17N3O. The van der Waals surface area contributed by atoms with E-state index >= 15 is 0 Å². The number of ether oxygens (including phenoxy) is 1. The molecule has 0 radical (unpaired) electrons. The minimum absolute atomic E-state index is 0.476. The lowest BCUT2D eigenvalue weighted by Gasteiger charge is -2.01. The Hall–Kier alpha value is -2.46. The van der Waals surface area contributed by atoms with E-state index in [1.807, 2.05) is 59.4 Å². The second-order valence-electron chi connectivity index (χ2n) is 4.87. The van der Waals surface area contributed by atoms with Crippen LogP contribution in [0.2, 0.25) is 0 Å². The van der Waals surface area contributed by atoms with E-state index in [4.69, 9.17) is 4.74 Å². The Morgan fingerprint density at radius 2 is 1.48 bits per heavy atom. The first-order valence-electron chi connectivity index (χ1n) is 6.95. The minimum atomic E-state index is 0.476. The minimum Gasteiger partial charge on any atom is -0.370 e. The van der Waals surface area contributed by atoms with Gasteiger partial charge in [-0.25, -0.2) is 4.68 Å². The second-order valence-corrected chi connectivity index (χ2v) is 4.87. The van der Waals surface area contributed by atoms with Gasteiger partial charge in [-0.1, -0.05) is 65.9 Å². The number of nitrogens with zero attached hydrogens (tertiary/aromatic N) is 3. The van der Waals surface area contributed by atoms with E-state index < -0.39 is 0 Å². The molecule has 1 heterocycles. The van der Waals surface area contributed by atoms with Crippen LogP contribution in [-0.2, 0) is 24.5 Å². The SMILES string of the molecule is c1ccc(COCc2cn(Cc3ccccc3)nn2)cc1. The van der Waals surface area contributed by atoms with Crippen molar-refractivity contribution in [3.63, 3.8) is 0 Å². The van der Waals surface area contributed by atoms with Gasteiger partial charge in [0.15, 0.2) is 0 Å². The Balaban J connectivity index is 1.51. The molecule has 0 aliphatic carbocycles. The highest BCUT2D eigenvalue weighted by molar-refractivity contribution is 5.15. The van der Waals surface area contributed by atoms with Crippen molar-refractivity contribution >= 4 is 0 Å². The summed E-state index contributed by atoms with van der Waals surface area (Å²) in [6, 6.07) is 20.3. The molecule has 21 heavy (non-hydrogen) atoms. The van der Waals surface area contributed by atoms with Gasteiger partial charge in [0.1, 0.15) is 5.69 Å². The smallest absolute Gasteiger partial charge is 0.108 e. The third kappa shape index (κ3) is 4.00. The number of rotatable bonds is 6. The summed E-state index contributed by atoms with van der Waals surface area (Å²) in [4.78, 5) is 0. The second kappa shape index (κ2) is 6.81. The van der Waals surface area contributed by atoms with Crippen molar-refractivity contribution in [3.05, 3.63) is 83.7 Å². The summed E-state index contributed by atoms with van der Waals surface area (Å²) in [6.45, 7) is 1.79. The molecule has 0 fully saturated rings. The summed E-state index contributed by atoms with van der Waals surface area (Å²) in [5.74, 6) is 0. The first-order valence-corrected chi connectivity index (χ1v) is 6.95. The molecule has 0 spiro atoms. The van der Waals surface area contributed by atoms with Crippen LogP contribution >= 0.6 is 0 Å². The van der Waals surface area contributed by atoms with Crippen molar-refractivity contribution in [2.24, 2.45) is 0 Å². The van der Waals surface area contributed by atoms with Gasteiger partial charge in [0.05, 0.1) is 26.0 Å². The van der Waals surface area contributed by atoms with E-state index in [0.29, 0.717) is 13.2 Å². The zero-order valence-corrected chi connectivity index (χ0v) is 11.7. The molecule has 1 aromatic heterocycles. The van der Waals surface area contributed by atoms with Crippen LogP contribution in [0.15, 0.2) is 66.9 Å². The maximum atomic E-state index is 5.65. The zero-order valence-electron chi connectivity index (χ0n) is 11.7. The molecule has 0 unspecified atom stereocenters. The van der Waals surface area contributed by atoms with Crippen molar-refractivity contribution < 1.29 is 4.74 Å². The Labute approximate surface area is 124 Å². The van der Waals surface area contributed by atoms with Crippen molar-refractivity contribution in [1.82, 2.24) is 15.0 Å². The molecule has 0 amide bonds. The summed E-state index contributed by atoms with van der Waals surface area (Å²) in [5, 5.41) is 8.26. The predicted octanol–water partition coefficient (Wildman–Crippen LogP) is 3.04. The Morgan fingerprint density at radius 3 is 2.19 bits per heavy atom. The van der Waals surface area contributed by atoms with Gasteiger partial charge in [0.2, 0.25) is 0 Å². The summed E-state index contributed by atoms with van der Waals surface area (Å²) in [6.07, 6.45) is 1.93. The van der Waals surface area contributed by atoms with E-state index in [1.165, 1.54) is 5.56 Å². The maximum absolute atomic E-state index is 5.65. The summed E-state index contributed by atoms with van der Waals surface area (Å²) >= 11 is 0. The monoisotopic (exact) mass is 279 g/mol. The van der Waals surface area contributed by atoms with E-state index in [0.717, 1.165) is 17.8 Å². The van der Waals surface area contributed by atoms with Crippen LogP contribution < -0.4 is 0 Å². The molecule has 0 N–H and O–H groups in total. The Morgan fingerprint density at radius 1 is 0.810 bits per heavy atom. The topological polar surface area (TPSA) is 39.9 Å². The number of aromatic nitrogens is 3. The molecule has 106 valence electrons. The normalized spacial score (nSPS) is 10.7. The van der Waals surface area contributed by atoms with Crippen molar-refractivity contribution in [2.75, 3.05) is 0 Å². The van der Waals surface area contributed by atoms with Crippen molar-refractivity contribution in [2.45, 2.75) is 19.8 Å². The molecule has 4 nitrogen and oxygen atoms in total. The molecule has 2 aromatic carbocycles. The molecule has 3 aromatic rings. The van der Waals surface area contributed by atoms with Crippen LogP contribution in [0, 0.1) is 0 Å². The maximum Gasteiger partial charge on any atom is 0.108 e. The summed E-state index contributed by atoms with van der Waals surface area (Å²) in [7, 11) is 0. The van der Waals surface area contributed by atoms with E-state index in [-0.39, 0.29) is 0 Å². The molecule has 0 aliphatic rings. The largest absolute Gasteiger partial charge is 0.370 e. The number of hydrogen-bond acceptors (Lipinski definition) is 3. The summed E-state index contributed by atoms with van der Waals surface area (Å²) < 4.78 is 7.48. The van der Waals surface area contributed by atoms with E-state index in [2.05, 4.69) is 22.4 Å².